The summed E-state index contributed by atoms with van der Waals surface area (Å²) in [5.41, 5.74) is 2.34. The van der Waals surface area contributed by atoms with Crippen molar-refractivity contribution in [3.63, 3.8) is 0 Å². The molecule has 0 heterocycles. The van der Waals surface area contributed by atoms with Crippen molar-refractivity contribution >= 4 is 11.6 Å². The van der Waals surface area contributed by atoms with E-state index in [1.807, 2.05) is 19.9 Å². The van der Waals surface area contributed by atoms with Gasteiger partial charge in [0.15, 0.2) is 11.6 Å². The van der Waals surface area contributed by atoms with Crippen molar-refractivity contribution in [1.29, 1.82) is 0 Å². The highest BCUT2D eigenvalue weighted by atomic mass is 16.1. The molecule has 0 aromatic heterocycles. The van der Waals surface area contributed by atoms with Gasteiger partial charge in [0.25, 0.3) is 0 Å². The molecule has 0 atom stereocenters. The van der Waals surface area contributed by atoms with Crippen LogP contribution in [0, 0.1) is 0 Å². The molecule has 0 saturated heterocycles. The first-order valence-corrected chi connectivity index (χ1v) is 5.09. The number of hydrogen-bond donors (Lipinski definition) is 0. The fraction of sp³-hybridized carbons (Fsp3) is 0.385. The third-order valence-corrected chi connectivity index (χ3v) is 2.46. The predicted octanol–water partition coefficient (Wildman–Crippen LogP) is 3.22. The molecule has 2 nitrogen and oxygen atoms in total. The number of ketones is 2. The third kappa shape index (κ3) is 2.52. The third-order valence-electron chi connectivity index (χ3n) is 2.46. The van der Waals surface area contributed by atoms with E-state index in [1.54, 1.807) is 19.1 Å². The second-order valence-electron chi connectivity index (χ2n) is 4.07. The molecule has 0 unspecified atom stereocenters. The van der Waals surface area contributed by atoms with Gasteiger partial charge in [-0.25, -0.2) is 0 Å². The van der Waals surface area contributed by atoms with Crippen LogP contribution in [0.3, 0.4) is 0 Å². The lowest BCUT2D eigenvalue weighted by Crippen LogP contribution is -2.04. The average Bonchev–Trinajstić information content (AvgIpc) is 2.16. The summed E-state index contributed by atoms with van der Waals surface area (Å²) in [6.45, 7) is 7.12. The summed E-state index contributed by atoms with van der Waals surface area (Å²) in [7, 11) is 0. The molecule has 1 aromatic rings. The Bertz CT molecular complexity index is 403. The number of benzene rings is 1. The SMILES string of the molecule is CC(=O)c1ccc(C(C)=O)c(C(C)C)c1. The van der Waals surface area contributed by atoms with Crippen molar-refractivity contribution in [3.05, 3.63) is 34.9 Å². The van der Waals surface area contributed by atoms with E-state index in [1.165, 1.54) is 6.92 Å². The van der Waals surface area contributed by atoms with Gasteiger partial charge in [-0.05, 0) is 31.4 Å². The van der Waals surface area contributed by atoms with E-state index in [-0.39, 0.29) is 17.5 Å². The molecule has 1 rings (SSSR count). The molecule has 0 aliphatic carbocycles. The molecular formula is C13H16O2. The smallest absolute Gasteiger partial charge is 0.160 e. The highest BCUT2D eigenvalue weighted by Crippen LogP contribution is 2.21. The molecule has 2 heteroatoms. The Labute approximate surface area is 90.3 Å². The lowest BCUT2D eigenvalue weighted by atomic mass is 9.92. The van der Waals surface area contributed by atoms with Crippen molar-refractivity contribution in [1.82, 2.24) is 0 Å². The summed E-state index contributed by atoms with van der Waals surface area (Å²) in [5.74, 6) is 0.337. The Morgan fingerprint density at radius 1 is 1.07 bits per heavy atom. The summed E-state index contributed by atoms with van der Waals surface area (Å²) in [6.07, 6.45) is 0. The fourth-order valence-electron chi connectivity index (χ4n) is 1.58. The summed E-state index contributed by atoms with van der Waals surface area (Å²) in [6, 6.07) is 5.28. The summed E-state index contributed by atoms with van der Waals surface area (Å²) >= 11 is 0. The van der Waals surface area contributed by atoms with E-state index in [2.05, 4.69) is 0 Å². The highest BCUT2D eigenvalue weighted by Gasteiger charge is 2.12. The van der Waals surface area contributed by atoms with Gasteiger partial charge in [-0.1, -0.05) is 26.0 Å². The van der Waals surface area contributed by atoms with Crippen LogP contribution < -0.4 is 0 Å². The van der Waals surface area contributed by atoms with Crippen LogP contribution in [-0.4, -0.2) is 11.6 Å². The molecule has 0 aliphatic rings. The maximum absolute atomic E-state index is 11.4. The lowest BCUT2D eigenvalue weighted by Gasteiger charge is -2.11. The molecule has 15 heavy (non-hydrogen) atoms. The zero-order chi connectivity index (χ0) is 11.6. The Balaban J connectivity index is 3.33. The van der Waals surface area contributed by atoms with Crippen molar-refractivity contribution in [2.75, 3.05) is 0 Å². The zero-order valence-electron chi connectivity index (χ0n) is 9.63. The average molecular weight is 204 g/mol. The second-order valence-corrected chi connectivity index (χ2v) is 4.07. The Kier molecular flexibility index (Phi) is 3.40. The molecule has 80 valence electrons. The quantitative estimate of drug-likeness (QED) is 0.708. The van der Waals surface area contributed by atoms with E-state index < -0.39 is 0 Å². The van der Waals surface area contributed by atoms with E-state index in [0.29, 0.717) is 5.56 Å². The van der Waals surface area contributed by atoms with E-state index >= 15 is 0 Å². The van der Waals surface area contributed by atoms with Crippen molar-refractivity contribution < 1.29 is 9.59 Å². The molecule has 0 radical (unpaired) electrons. The van der Waals surface area contributed by atoms with Gasteiger partial charge in [-0.3, -0.25) is 9.59 Å². The molecule has 0 saturated carbocycles. The summed E-state index contributed by atoms with van der Waals surface area (Å²) in [4.78, 5) is 22.6. The number of rotatable bonds is 3. The van der Waals surface area contributed by atoms with Crippen LogP contribution in [0.1, 0.15) is 59.9 Å². The first-order chi connectivity index (χ1) is 6.93. The largest absolute Gasteiger partial charge is 0.295 e. The molecule has 0 N–H and O–H groups in total. The van der Waals surface area contributed by atoms with Crippen LogP contribution in [-0.2, 0) is 0 Å². The first-order valence-electron chi connectivity index (χ1n) is 5.09. The normalized spacial score (nSPS) is 10.5. The van der Waals surface area contributed by atoms with Gasteiger partial charge >= 0.3 is 0 Å². The molecule has 1 aromatic carbocycles. The minimum Gasteiger partial charge on any atom is -0.295 e. The van der Waals surface area contributed by atoms with Gasteiger partial charge in [-0.2, -0.15) is 0 Å². The topological polar surface area (TPSA) is 34.1 Å². The molecule has 0 bridgehead atoms. The van der Waals surface area contributed by atoms with Crippen LogP contribution in [0.25, 0.3) is 0 Å². The minimum absolute atomic E-state index is 0.0343. The molecule has 0 aliphatic heterocycles. The fourth-order valence-corrected chi connectivity index (χ4v) is 1.58. The first kappa shape index (κ1) is 11.6. The molecule has 0 amide bonds. The molecule has 0 spiro atoms. The van der Waals surface area contributed by atoms with Crippen LogP contribution in [0.4, 0.5) is 0 Å². The van der Waals surface area contributed by atoms with Crippen LogP contribution >= 0.6 is 0 Å². The van der Waals surface area contributed by atoms with Crippen molar-refractivity contribution in [2.45, 2.75) is 33.6 Å². The van der Waals surface area contributed by atoms with Crippen molar-refractivity contribution in [3.8, 4) is 0 Å². The Morgan fingerprint density at radius 3 is 2.07 bits per heavy atom. The number of carbonyl (C=O) groups excluding carboxylic acids is 2. The Hall–Kier alpha value is -1.44. The number of carbonyl (C=O) groups is 2. The minimum atomic E-state index is 0.0343. The van der Waals surface area contributed by atoms with Gasteiger partial charge in [0.05, 0.1) is 0 Å². The maximum atomic E-state index is 11.4. The van der Waals surface area contributed by atoms with Crippen molar-refractivity contribution in [2.24, 2.45) is 0 Å². The van der Waals surface area contributed by atoms with Gasteiger partial charge < -0.3 is 0 Å². The second kappa shape index (κ2) is 4.39. The Morgan fingerprint density at radius 2 is 1.67 bits per heavy atom. The summed E-state index contributed by atoms with van der Waals surface area (Å²) < 4.78 is 0. The molecular weight excluding hydrogens is 188 g/mol. The predicted molar refractivity (Wildman–Crippen MR) is 60.5 cm³/mol. The van der Waals surface area contributed by atoms with Gasteiger partial charge in [0.1, 0.15) is 0 Å². The van der Waals surface area contributed by atoms with Gasteiger partial charge in [0.2, 0.25) is 0 Å². The number of Topliss-reactive ketones (excluding diaryl/α,β-unsaturated/α-hetero) is 2. The molecule has 0 fully saturated rings. The maximum Gasteiger partial charge on any atom is 0.160 e. The summed E-state index contributed by atoms with van der Waals surface area (Å²) in [5, 5.41) is 0. The van der Waals surface area contributed by atoms with E-state index in [0.717, 1.165) is 11.1 Å². The zero-order valence-corrected chi connectivity index (χ0v) is 9.63. The van der Waals surface area contributed by atoms with Crippen LogP contribution in [0.15, 0.2) is 18.2 Å². The standard InChI is InChI=1S/C13H16O2/c1-8(2)13-7-11(9(3)14)5-6-12(13)10(4)15/h5-8H,1-4H3. The van der Waals surface area contributed by atoms with E-state index in [4.69, 9.17) is 0 Å². The van der Waals surface area contributed by atoms with Gasteiger partial charge in [0, 0.05) is 11.1 Å². The highest BCUT2D eigenvalue weighted by molar-refractivity contribution is 5.99. The van der Waals surface area contributed by atoms with Crippen LogP contribution in [0.5, 0.6) is 0 Å². The van der Waals surface area contributed by atoms with E-state index in [9.17, 15) is 9.59 Å². The monoisotopic (exact) mass is 204 g/mol. The number of hydrogen-bond acceptors (Lipinski definition) is 2. The lowest BCUT2D eigenvalue weighted by molar-refractivity contribution is 0.100. The van der Waals surface area contributed by atoms with Gasteiger partial charge in [-0.15, -0.1) is 0 Å². The van der Waals surface area contributed by atoms with Crippen LogP contribution in [0.2, 0.25) is 0 Å².